The summed E-state index contributed by atoms with van der Waals surface area (Å²) in [7, 11) is 0. The molecule has 0 saturated carbocycles. The van der Waals surface area contributed by atoms with E-state index in [9.17, 15) is 23.3 Å². The van der Waals surface area contributed by atoms with Gasteiger partial charge in [0.2, 0.25) is 0 Å². The first-order valence-corrected chi connectivity index (χ1v) is 6.53. The maximum absolute atomic E-state index is 12.8. The summed E-state index contributed by atoms with van der Waals surface area (Å²) in [5.41, 5.74) is -1.00. The zero-order valence-corrected chi connectivity index (χ0v) is 11.2. The summed E-state index contributed by atoms with van der Waals surface area (Å²) < 4.78 is 41.0. The molecular formula is C13H9F3N2O2S. The number of rotatable bonds is 4. The van der Waals surface area contributed by atoms with Gasteiger partial charge in [0.05, 0.1) is 16.2 Å². The van der Waals surface area contributed by atoms with Crippen LogP contribution >= 0.6 is 11.9 Å². The van der Waals surface area contributed by atoms with Crippen molar-refractivity contribution >= 4 is 23.3 Å². The number of nitrogens with one attached hydrogen (secondary N) is 1. The highest BCUT2D eigenvalue weighted by Crippen LogP contribution is 2.36. The fourth-order valence-electron chi connectivity index (χ4n) is 1.59. The van der Waals surface area contributed by atoms with Gasteiger partial charge in [-0.2, -0.15) is 13.2 Å². The van der Waals surface area contributed by atoms with Crippen molar-refractivity contribution in [1.82, 2.24) is 0 Å². The molecule has 0 aliphatic heterocycles. The maximum atomic E-state index is 12.8. The summed E-state index contributed by atoms with van der Waals surface area (Å²) in [6.07, 6.45) is -4.47. The molecule has 0 unspecified atom stereocenters. The van der Waals surface area contributed by atoms with Gasteiger partial charge >= 0.3 is 6.18 Å². The van der Waals surface area contributed by atoms with Gasteiger partial charge in [0.15, 0.2) is 0 Å². The lowest BCUT2D eigenvalue weighted by Crippen LogP contribution is -2.07. The molecule has 0 aliphatic rings. The highest BCUT2D eigenvalue weighted by atomic mass is 32.2. The summed E-state index contributed by atoms with van der Waals surface area (Å²) in [6, 6.07) is 10.7. The quantitative estimate of drug-likeness (QED) is 0.503. The Morgan fingerprint density at radius 1 is 1.10 bits per heavy atom. The molecule has 2 aromatic carbocycles. The van der Waals surface area contributed by atoms with Crippen molar-refractivity contribution in [3.63, 3.8) is 0 Å². The molecule has 0 bridgehead atoms. The van der Waals surface area contributed by atoms with Crippen LogP contribution in [0.5, 0.6) is 0 Å². The van der Waals surface area contributed by atoms with Crippen molar-refractivity contribution in [3.8, 4) is 0 Å². The number of nitro groups is 1. The van der Waals surface area contributed by atoms with Gasteiger partial charge in [0, 0.05) is 17.0 Å². The largest absolute Gasteiger partial charge is 0.418 e. The highest BCUT2D eigenvalue weighted by Gasteiger charge is 2.33. The third-order valence-electron chi connectivity index (χ3n) is 2.54. The molecule has 0 atom stereocenters. The highest BCUT2D eigenvalue weighted by molar-refractivity contribution is 8.00. The number of nitrogens with zero attached hydrogens (tertiary/aromatic N) is 1. The summed E-state index contributed by atoms with van der Waals surface area (Å²) in [5, 5.41) is 10.6. The molecule has 0 amide bonds. The van der Waals surface area contributed by atoms with Gasteiger partial charge in [-0.3, -0.25) is 10.1 Å². The van der Waals surface area contributed by atoms with Gasteiger partial charge < -0.3 is 4.72 Å². The summed E-state index contributed by atoms with van der Waals surface area (Å²) in [4.78, 5) is 10.5. The minimum absolute atomic E-state index is 0.0958. The van der Waals surface area contributed by atoms with Gasteiger partial charge in [0.1, 0.15) is 0 Å². The predicted octanol–water partition coefficient (Wildman–Crippen LogP) is 4.73. The molecule has 1 N–H and O–H groups in total. The van der Waals surface area contributed by atoms with E-state index in [1.807, 2.05) is 0 Å². The van der Waals surface area contributed by atoms with Crippen LogP contribution in [0.3, 0.4) is 0 Å². The van der Waals surface area contributed by atoms with E-state index in [4.69, 9.17) is 0 Å². The van der Waals surface area contributed by atoms with Gasteiger partial charge in [-0.25, -0.2) is 0 Å². The predicted molar refractivity (Wildman–Crippen MR) is 74.0 cm³/mol. The zero-order chi connectivity index (χ0) is 15.5. The SMILES string of the molecule is O=[N+]([O-])c1cccc(SNc2ccccc2C(F)(F)F)c1. The summed E-state index contributed by atoms with van der Waals surface area (Å²) in [6.45, 7) is 0. The molecule has 0 saturated heterocycles. The molecule has 0 radical (unpaired) electrons. The van der Waals surface area contributed by atoms with Crippen LogP contribution in [0.4, 0.5) is 24.5 Å². The first-order valence-electron chi connectivity index (χ1n) is 5.71. The van der Waals surface area contributed by atoms with Crippen LogP contribution in [0.1, 0.15) is 5.56 Å². The Morgan fingerprint density at radius 3 is 2.48 bits per heavy atom. The number of anilines is 1. The first-order chi connectivity index (χ1) is 9.88. The van der Waals surface area contributed by atoms with Crippen molar-refractivity contribution in [2.24, 2.45) is 0 Å². The standard InChI is InChI=1S/C13H9F3N2O2S/c14-13(15,16)11-6-1-2-7-12(11)17-21-10-5-3-4-9(8-10)18(19)20/h1-8,17H. The van der Waals surface area contributed by atoms with E-state index in [-0.39, 0.29) is 11.4 Å². The molecule has 4 nitrogen and oxygen atoms in total. The van der Waals surface area contributed by atoms with E-state index in [0.717, 1.165) is 18.0 Å². The number of hydrogen-bond acceptors (Lipinski definition) is 4. The number of halogens is 3. The Bertz CT molecular complexity index is 662. The smallest absolute Gasteiger partial charge is 0.325 e. The molecular weight excluding hydrogens is 305 g/mol. The average Bonchev–Trinajstić information content (AvgIpc) is 2.45. The van der Waals surface area contributed by atoms with Crippen molar-refractivity contribution < 1.29 is 18.1 Å². The second-order valence-corrected chi connectivity index (χ2v) is 4.88. The fourth-order valence-corrected chi connectivity index (χ4v) is 2.33. The second kappa shape index (κ2) is 6.04. The molecule has 8 heteroatoms. The molecule has 2 aromatic rings. The maximum Gasteiger partial charge on any atom is 0.418 e. The number of alkyl halides is 3. The Kier molecular flexibility index (Phi) is 4.37. The molecule has 2 rings (SSSR count). The van der Waals surface area contributed by atoms with Crippen molar-refractivity contribution in [2.75, 3.05) is 4.72 Å². The van der Waals surface area contributed by atoms with Crippen LogP contribution in [-0.2, 0) is 6.18 Å². The minimum Gasteiger partial charge on any atom is -0.325 e. The van der Waals surface area contributed by atoms with E-state index >= 15 is 0 Å². The molecule has 0 aliphatic carbocycles. The minimum atomic E-state index is -4.47. The van der Waals surface area contributed by atoms with Gasteiger partial charge in [0.25, 0.3) is 5.69 Å². The molecule has 21 heavy (non-hydrogen) atoms. The third-order valence-corrected chi connectivity index (χ3v) is 3.35. The Hall–Kier alpha value is -2.22. The lowest BCUT2D eigenvalue weighted by Gasteiger charge is -2.13. The van der Waals surface area contributed by atoms with E-state index in [2.05, 4.69) is 4.72 Å². The molecule has 0 spiro atoms. The van der Waals surface area contributed by atoms with Gasteiger partial charge in [-0.05, 0) is 30.1 Å². The topological polar surface area (TPSA) is 55.2 Å². The number of hydrogen-bond donors (Lipinski definition) is 1. The fraction of sp³-hybridized carbons (Fsp3) is 0.0769. The van der Waals surface area contributed by atoms with E-state index in [1.54, 1.807) is 6.07 Å². The Morgan fingerprint density at radius 2 is 1.81 bits per heavy atom. The van der Waals surface area contributed by atoms with Gasteiger partial charge in [-0.15, -0.1) is 0 Å². The van der Waals surface area contributed by atoms with Crippen LogP contribution in [0, 0.1) is 10.1 Å². The van der Waals surface area contributed by atoms with Crippen LogP contribution in [0.15, 0.2) is 53.4 Å². The normalized spacial score (nSPS) is 11.2. The van der Waals surface area contributed by atoms with E-state index < -0.39 is 16.7 Å². The number of non-ortho nitro benzene ring substituents is 1. The van der Waals surface area contributed by atoms with Crippen LogP contribution < -0.4 is 4.72 Å². The molecule has 110 valence electrons. The summed E-state index contributed by atoms with van der Waals surface area (Å²) >= 11 is 0.881. The molecule has 0 aromatic heterocycles. The number of para-hydroxylation sites is 1. The lowest BCUT2D eigenvalue weighted by molar-refractivity contribution is -0.385. The van der Waals surface area contributed by atoms with E-state index in [1.165, 1.54) is 36.4 Å². The monoisotopic (exact) mass is 314 g/mol. The average molecular weight is 314 g/mol. The Labute approximate surface area is 122 Å². The Balaban J connectivity index is 2.17. The zero-order valence-electron chi connectivity index (χ0n) is 10.4. The summed E-state index contributed by atoms with van der Waals surface area (Å²) in [5.74, 6) is 0. The third kappa shape index (κ3) is 3.88. The van der Waals surface area contributed by atoms with Crippen LogP contribution in [0.2, 0.25) is 0 Å². The van der Waals surface area contributed by atoms with Crippen LogP contribution in [-0.4, -0.2) is 4.92 Å². The van der Waals surface area contributed by atoms with Gasteiger partial charge in [-0.1, -0.05) is 18.2 Å². The molecule has 0 fully saturated rings. The second-order valence-electron chi connectivity index (χ2n) is 4.00. The van der Waals surface area contributed by atoms with E-state index in [0.29, 0.717) is 4.90 Å². The first kappa shape index (κ1) is 15.2. The van der Waals surface area contributed by atoms with Crippen molar-refractivity contribution in [3.05, 3.63) is 64.2 Å². The number of nitro benzene ring substituents is 1. The lowest BCUT2D eigenvalue weighted by atomic mass is 10.2. The van der Waals surface area contributed by atoms with Crippen LogP contribution in [0.25, 0.3) is 0 Å². The van der Waals surface area contributed by atoms with Crippen molar-refractivity contribution in [2.45, 2.75) is 11.1 Å². The van der Waals surface area contributed by atoms with Crippen molar-refractivity contribution in [1.29, 1.82) is 0 Å². The molecule has 0 heterocycles. The number of benzene rings is 2.